The molecule has 0 aliphatic heterocycles. The van der Waals surface area contributed by atoms with E-state index in [2.05, 4.69) is 5.43 Å². The average Bonchev–Trinajstić information content (AvgIpc) is 2.96. The molecule has 1 atom stereocenters. The summed E-state index contributed by atoms with van der Waals surface area (Å²) in [7, 11) is -4.45. The van der Waals surface area contributed by atoms with Crippen molar-refractivity contribution in [1.82, 2.24) is 5.43 Å². The van der Waals surface area contributed by atoms with Crippen LogP contribution < -0.4 is 21.7 Å². The van der Waals surface area contributed by atoms with Crippen LogP contribution in [0.25, 0.3) is 15.8 Å². The molecule has 2 aromatic rings. The predicted octanol–water partition coefficient (Wildman–Crippen LogP) is 2.42. The van der Waals surface area contributed by atoms with E-state index >= 15 is 0 Å². The SMILES string of the molecule is Cc1c(C(F)(F)P(O)O)sc2c(OCCCS(C)=O)cc(/C(N)=C/NN)cc12. The first-order chi connectivity index (χ1) is 13.1. The van der Waals surface area contributed by atoms with Crippen LogP contribution >= 0.6 is 19.7 Å². The molecule has 0 fully saturated rings. The van der Waals surface area contributed by atoms with Crippen LogP contribution in [0.3, 0.4) is 0 Å². The number of fused-ring (bicyclic) bond motifs is 1. The molecule has 12 heteroatoms. The van der Waals surface area contributed by atoms with Crippen LogP contribution in [0, 0.1) is 6.92 Å². The van der Waals surface area contributed by atoms with Gasteiger partial charge in [0.25, 0.3) is 0 Å². The van der Waals surface area contributed by atoms with E-state index in [0.29, 0.717) is 33.6 Å². The first kappa shape index (κ1) is 22.9. The number of nitrogens with two attached hydrogens (primary N) is 2. The lowest BCUT2D eigenvalue weighted by molar-refractivity contribution is 0.0766. The largest absolute Gasteiger partial charge is 0.492 e. The number of nitrogens with one attached hydrogen (secondary N) is 1. The van der Waals surface area contributed by atoms with Gasteiger partial charge in [0.15, 0.2) is 0 Å². The Bertz CT molecular complexity index is 906. The van der Waals surface area contributed by atoms with Crippen molar-refractivity contribution in [2.45, 2.75) is 19.0 Å². The summed E-state index contributed by atoms with van der Waals surface area (Å²) in [6.45, 7) is 1.72. The van der Waals surface area contributed by atoms with Crippen molar-refractivity contribution in [2.75, 3.05) is 18.6 Å². The predicted molar refractivity (Wildman–Crippen MR) is 110 cm³/mol. The van der Waals surface area contributed by atoms with Crippen molar-refractivity contribution in [2.24, 2.45) is 11.6 Å². The van der Waals surface area contributed by atoms with Crippen molar-refractivity contribution in [3.05, 3.63) is 34.3 Å². The summed E-state index contributed by atoms with van der Waals surface area (Å²) in [6.07, 6.45) is 3.46. The molecule has 1 unspecified atom stereocenters. The number of rotatable bonds is 9. The van der Waals surface area contributed by atoms with Gasteiger partial charge in [-0.3, -0.25) is 10.1 Å². The average molecular weight is 453 g/mol. The zero-order valence-electron chi connectivity index (χ0n) is 15.2. The summed E-state index contributed by atoms with van der Waals surface area (Å²) in [6, 6.07) is 3.22. The maximum Gasteiger partial charge on any atom is 0.348 e. The Morgan fingerprint density at radius 2 is 2.14 bits per heavy atom. The maximum atomic E-state index is 14.3. The van der Waals surface area contributed by atoms with E-state index in [1.54, 1.807) is 18.4 Å². The molecule has 28 heavy (non-hydrogen) atoms. The van der Waals surface area contributed by atoms with Gasteiger partial charge in [0.2, 0.25) is 8.38 Å². The van der Waals surface area contributed by atoms with E-state index in [1.807, 2.05) is 0 Å². The highest BCUT2D eigenvalue weighted by molar-refractivity contribution is 7.84. The third kappa shape index (κ3) is 4.97. The number of hydrazine groups is 1. The third-order valence-corrected chi connectivity index (χ3v) is 7.07. The van der Waals surface area contributed by atoms with Gasteiger partial charge in [-0.2, -0.15) is 8.78 Å². The second-order valence-electron chi connectivity index (χ2n) is 5.98. The van der Waals surface area contributed by atoms with Crippen molar-refractivity contribution in [1.29, 1.82) is 0 Å². The Morgan fingerprint density at radius 3 is 2.71 bits per heavy atom. The lowest BCUT2D eigenvalue weighted by Crippen LogP contribution is -2.16. The quantitative estimate of drug-likeness (QED) is 0.171. The van der Waals surface area contributed by atoms with Gasteiger partial charge in [-0.15, -0.1) is 11.3 Å². The number of halogens is 2. The molecule has 0 saturated carbocycles. The number of thiophene rings is 1. The standard InChI is InChI=1S/C16H22F2N3O4PS2/c1-9-11-6-10(12(19)8-21-20)7-13(25-4-3-5-28(2)24)14(11)27-15(9)16(17,18)26(22)23/h6-8,21-23H,3-5,19-20H2,1-2H3/b12-8-. The topological polar surface area (TPSA) is 131 Å². The minimum atomic E-state index is -3.76. The third-order valence-electron chi connectivity index (χ3n) is 3.93. The number of aryl methyl sites for hydroxylation is 1. The molecule has 0 bridgehead atoms. The summed E-state index contributed by atoms with van der Waals surface area (Å²) in [5.41, 5.74) is 5.50. The highest BCUT2D eigenvalue weighted by Crippen LogP contribution is 2.57. The molecule has 0 amide bonds. The van der Waals surface area contributed by atoms with Crippen molar-refractivity contribution < 1.29 is 27.5 Å². The minimum Gasteiger partial charge on any atom is -0.492 e. The van der Waals surface area contributed by atoms with Gasteiger partial charge >= 0.3 is 5.66 Å². The van der Waals surface area contributed by atoms with Crippen LogP contribution in [0.4, 0.5) is 8.78 Å². The summed E-state index contributed by atoms with van der Waals surface area (Å²) in [5, 5.41) is 0.469. The number of benzene rings is 1. The lowest BCUT2D eigenvalue weighted by atomic mass is 10.1. The molecule has 0 radical (unpaired) electrons. The summed E-state index contributed by atoms with van der Waals surface area (Å²) < 4.78 is 46.0. The van der Waals surface area contributed by atoms with Crippen molar-refractivity contribution in [3.63, 3.8) is 0 Å². The number of hydrogen-bond acceptors (Lipinski definition) is 8. The van der Waals surface area contributed by atoms with Crippen LogP contribution in [0.1, 0.15) is 22.4 Å². The van der Waals surface area contributed by atoms with E-state index < -0.39 is 29.7 Å². The summed E-state index contributed by atoms with van der Waals surface area (Å²) in [4.78, 5) is 17.9. The fourth-order valence-electron chi connectivity index (χ4n) is 2.56. The maximum absolute atomic E-state index is 14.3. The van der Waals surface area contributed by atoms with Crippen LogP contribution in [0.15, 0.2) is 18.3 Å². The van der Waals surface area contributed by atoms with Gasteiger partial charge in [-0.1, -0.05) is 0 Å². The number of ether oxygens (including phenoxy) is 1. The van der Waals surface area contributed by atoms with Crippen molar-refractivity contribution >= 4 is 46.3 Å². The minimum absolute atomic E-state index is 0.218. The van der Waals surface area contributed by atoms with E-state index in [-0.39, 0.29) is 17.9 Å². The Kier molecular flexibility index (Phi) is 7.72. The molecule has 0 saturated heterocycles. The highest BCUT2D eigenvalue weighted by Gasteiger charge is 2.44. The molecule has 0 aliphatic carbocycles. The Balaban J connectivity index is 2.57. The van der Waals surface area contributed by atoms with Crippen molar-refractivity contribution in [3.8, 4) is 5.75 Å². The van der Waals surface area contributed by atoms with Crippen LogP contribution in [0.5, 0.6) is 5.75 Å². The molecule has 0 aliphatic rings. The van der Waals surface area contributed by atoms with E-state index in [0.717, 1.165) is 11.3 Å². The Labute approximate surface area is 168 Å². The van der Waals surface area contributed by atoms with Gasteiger partial charge in [0, 0.05) is 40.0 Å². The van der Waals surface area contributed by atoms with Gasteiger partial charge < -0.3 is 25.7 Å². The van der Waals surface area contributed by atoms with Gasteiger partial charge in [0.1, 0.15) is 5.75 Å². The molecule has 7 N–H and O–H groups in total. The van der Waals surface area contributed by atoms with E-state index in [1.165, 1.54) is 13.1 Å². The molecule has 7 nitrogen and oxygen atoms in total. The van der Waals surface area contributed by atoms with Crippen LogP contribution in [-0.2, 0) is 16.5 Å². The van der Waals surface area contributed by atoms with Gasteiger partial charge in [-0.25, -0.2) is 0 Å². The summed E-state index contributed by atoms with van der Waals surface area (Å²) in [5.74, 6) is 6.04. The van der Waals surface area contributed by atoms with Crippen LogP contribution in [0.2, 0.25) is 0 Å². The van der Waals surface area contributed by atoms with E-state index in [9.17, 15) is 13.0 Å². The zero-order valence-corrected chi connectivity index (χ0v) is 17.8. The second-order valence-corrected chi connectivity index (χ2v) is 9.70. The first-order valence-electron chi connectivity index (χ1n) is 8.08. The number of hydrogen-bond donors (Lipinski definition) is 5. The van der Waals surface area contributed by atoms with Crippen LogP contribution in [-0.4, -0.2) is 32.6 Å². The molecular weight excluding hydrogens is 431 g/mol. The summed E-state index contributed by atoms with van der Waals surface area (Å²) >= 11 is 0.745. The molecule has 2 rings (SSSR count). The molecule has 0 spiro atoms. The van der Waals surface area contributed by atoms with E-state index in [4.69, 9.17) is 26.1 Å². The molecular formula is C16H22F2N3O4PS2. The normalized spacial score (nSPS) is 13.9. The number of alkyl halides is 2. The molecule has 1 aromatic heterocycles. The molecule has 1 heterocycles. The fourth-order valence-corrected chi connectivity index (χ4v) is 4.94. The Hall–Kier alpha value is -1.36. The van der Waals surface area contributed by atoms with Gasteiger partial charge in [0.05, 0.1) is 21.9 Å². The molecule has 1 aromatic carbocycles. The first-order valence-corrected chi connectivity index (χ1v) is 11.9. The molecule has 156 valence electrons. The second kappa shape index (κ2) is 9.43. The fraction of sp³-hybridized carbons (Fsp3) is 0.375. The highest BCUT2D eigenvalue weighted by atomic mass is 32.2. The zero-order chi connectivity index (χ0) is 21.1. The Morgan fingerprint density at radius 1 is 1.46 bits per heavy atom. The lowest BCUT2D eigenvalue weighted by Gasteiger charge is -2.16. The smallest absolute Gasteiger partial charge is 0.348 e. The van der Waals surface area contributed by atoms with Gasteiger partial charge in [-0.05, 0) is 31.0 Å². The monoisotopic (exact) mass is 453 g/mol.